The quantitative estimate of drug-likeness (QED) is 0.698. The maximum Gasteiger partial charge on any atom is 0.151 e. The third-order valence-corrected chi connectivity index (χ3v) is 4.61. The summed E-state index contributed by atoms with van der Waals surface area (Å²) in [6.45, 7) is 8.91. The molecule has 0 saturated carbocycles. The predicted octanol–water partition coefficient (Wildman–Crippen LogP) is 1.84. The lowest BCUT2D eigenvalue weighted by Crippen LogP contribution is -2.41. The Bertz CT molecular complexity index is 249. The Morgan fingerprint density at radius 2 is 1.80 bits per heavy atom. The molecule has 0 bridgehead atoms. The minimum Gasteiger partial charge on any atom is -0.313 e. The molecule has 2 unspecified atom stereocenters. The minimum absolute atomic E-state index is 0.111. The zero-order chi connectivity index (χ0) is 11.9. The van der Waals surface area contributed by atoms with Crippen LogP contribution in [0.4, 0.5) is 0 Å². The summed E-state index contributed by atoms with van der Waals surface area (Å²) in [7, 11) is -2.87. The van der Waals surface area contributed by atoms with Crippen molar-refractivity contribution in [2.45, 2.75) is 46.6 Å². The fourth-order valence-electron chi connectivity index (χ4n) is 1.43. The van der Waals surface area contributed by atoms with E-state index in [0.29, 0.717) is 5.92 Å². The monoisotopic (exact) mass is 235 g/mol. The van der Waals surface area contributed by atoms with E-state index in [9.17, 15) is 8.42 Å². The third kappa shape index (κ3) is 6.15. The molecular formula is C11H25NO2S. The van der Waals surface area contributed by atoms with Crippen molar-refractivity contribution < 1.29 is 8.42 Å². The van der Waals surface area contributed by atoms with Crippen molar-refractivity contribution in [2.24, 2.45) is 5.92 Å². The van der Waals surface area contributed by atoms with Gasteiger partial charge >= 0.3 is 0 Å². The smallest absolute Gasteiger partial charge is 0.151 e. The summed E-state index contributed by atoms with van der Waals surface area (Å²) >= 11 is 0. The Hall–Kier alpha value is -0.0900. The lowest BCUT2D eigenvalue weighted by atomic mass is 10.0. The Morgan fingerprint density at radius 1 is 1.20 bits per heavy atom. The molecular weight excluding hydrogens is 210 g/mol. The molecule has 0 saturated heterocycles. The molecule has 15 heavy (non-hydrogen) atoms. The van der Waals surface area contributed by atoms with E-state index in [1.165, 1.54) is 0 Å². The zero-order valence-corrected chi connectivity index (χ0v) is 11.2. The third-order valence-electron chi connectivity index (χ3n) is 2.86. The van der Waals surface area contributed by atoms with Gasteiger partial charge in [0.05, 0.1) is 5.75 Å². The van der Waals surface area contributed by atoms with Gasteiger partial charge in [0.1, 0.15) is 0 Å². The molecule has 0 aromatic rings. The van der Waals surface area contributed by atoms with Crippen molar-refractivity contribution in [3.8, 4) is 0 Å². The Kier molecular flexibility index (Phi) is 7.18. The first-order chi connectivity index (χ1) is 6.96. The molecule has 0 spiro atoms. The van der Waals surface area contributed by atoms with Gasteiger partial charge in [0.2, 0.25) is 0 Å². The molecule has 3 nitrogen and oxygen atoms in total. The van der Waals surface area contributed by atoms with E-state index < -0.39 is 9.84 Å². The minimum atomic E-state index is -2.87. The van der Waals surface area contributed by atoms with Crippen LogP contribution in [0.1, 0.15) is 40.5 Å². The standard InChI is InChI=1S/C11H25NO2S/c1-5-8-12-11(10(4)6-2)9-15(13,14)7-3/h10-12H,5-9H2,1-4H3. The molecule has 0 aliphatic carbocycles. The highest BCUT2D eigenvalue weighted by atomic mass is 32.2. The highest BCUT2D eigenvalue weighted by Gasteiger charge is 2.21. The molecule has 0 aliphatic rings. The van der Waals surface area contributed by atoms with Gasteiger partial charge in [-0.2, -0.15) is 0 Å². The second kappa shape index (κ2) is 7.23. The molecule has 0 heterocycles. The lowest BCUT2D eigenvalue weighted by molar-refractivity contribution is 0.391. The first-order valence-electron chi connectivity index (χ1n) is 5.90. The molecule has 0 amide bonds. The molecule has 92 valence electrons. The average Bonchev–Trinajstić information content (AvgIpc) is 2.23. The van der Waals surface area contributed by atoms with Crippen LogP contribution >= 0.6 is 0 Å². The molecule has 0 aromatic carbocycles. The van der Waals surface area contributed by atoms with Crippen LogP contribution in [-0.2, 0) is 9.84 Å². The number of nitrogens with one attached hydrogen (secondary N) is 1. The molecule has 0 aromatic heterocycles. The summed E-state index contributed by atoms with van der Waals surface area (Å²) in [5, 5.41) is 3.33. The molecule has 0 radical (unpaired) electrons. The normalized spacial score (nSPS) is 16.3. The summed E-state index contributed by atoms with van der Waals surface area (Å²) in [5.41, 5.74) is 0. The van der Waals surface area contributed by atoms with Crippen LogP contribution in [0.5, 0.6) is 0 Å². The largest absolute Gasteiger partial charge is 0.313 e. The van der Waals surface area contributed by atoms with Crippen molar-refractivity contribution in [1.29, 1.82) is 0 Å². The second-order valence-corrected chi connectivity index (χ2v) is 6.54. The molecule has 1 N–H and O–H groups in total. The van der Waals surface area contributed by atoms with Crippen LogP contribution in [0, 0.1) is 5.92 Å². The van der Waals surface area contributed by atoms with Crippen molar-refractivity contribution in [1.82, 2.24) is 5.32 Å². The summed E-state index contributed by atoms with van der Waals surface area (Å²) in [5.74, 6) is 0.935. The summed E-state index contributed by atoms with van der Waals surface area (Å²) < 4.78 is 23.1. The van der Waals surface area contributed by atoms with Gasteiger partial charge in [-0.15, -0.1) is 0 Å². The maximum absolute atomic E-state index is 11.6. The number of hydrogen-bond donors (Lipinski definition) is 1. The summed E-state index contributed by atoms with van der Waals surface area (Å²) in [4.78, 5) is 0. The van der Waals surface area contributed by atoms with Crippen molar-refractivity contribution >= 4 is 9.84 Å². The molecule has 4 heteroatoms. The van der Waals surface area contributed by atoms with E-state index in [-0.39, 0.29) is 17.5 Å². The van der Waals surface area contributed by atoms with Crippen LogP contribution in [0.3, 0.4) is 0 Å². The van der Waals surface area contributed by atoms with Crippen LogP contribution in [0.2, 0.25) is 0 Å². The fourth-order valence-corrected chi connectivity index (χ4v) is 2.66. The SMILES string of the molecule is CCCNC(CS(=O)(=O)CC)C(C)CC. The van der Waals surface area contributed by atoms with Crippen LogP contribution in [-0.4, -0.2) is 32.5 Å². The van der Waals surface area contributed by atoms with E-state index >= 15 is 0 Å². The van der Waals surface area contributed by atoms with Crippen LogP contribution in [0.25, 0.3) is 0 Å². The van der Waals surface area contributed by atoms with Gasteiger partial charge in [-0.05, 0) is 18.9 Å². The van der Waals surface area contributed by atoms with Gasteiger partial charge in [-0.25, -0.2) is 8.42 Å². The van der Waals surface area contributed by atoms with E-state index in [2.05, 4.69) is 26.1 Å². The van der Waals surface area contributed by atoms with Gasteiger partial charge in [0.25, 0.3) is 0 Å². The van der Waals surface area contributed by atoms with Gasteiger partial charge in [-0.3, -0.25) is 0 Å². The molecule has 0 rings (SSSR count). The second-order valence-electron chi connectivity index (χ2n) is 4.15. The summed E-state index contributed by atoms with van der Waals surface area (Å²) in [6.07, 6.45) is 2.06. The highest BCUT2D eigenvalue weighted by Crippen LogP contribution is 2.10. The molecule has 0 fully saturated rings. The number of rotatable bonds is 8. The van der Waals surface area contributed by atoms with Gasteiger partial charge in [0, 0.05) is 11.8 Å². The fraction of sp³-hybridized carbons (Fsp3) is 1.00. The number of sulfone groups is 1. The van der Waals surface area contributed by atoms with Crippen LogP contribution in [0.15, 0.2) is 0 Å². The average molecular weight is 235 g/mol. The van der Waals surface area contributed by atoms with E-state index in [1.54, 1.807) is 6.92 Å². The lowest BCUT2D eigenvalue weighted by Gasteiger charge is -2.23. The Balaban J connectivity index is 4.36. The first-order valence-corrected chi connectivity index (χ1v) is 7.72. The first kappa shape index (κ1) is 14.9. The van der Waals surface area contributed by atoms with Gasteiger partial charge in [-0.1, -0.05) is 34.1 Å². The molecule has 2 atom stereocenters. The number of hydrogen-bond acceptors (Lipinski definition) is 3. The predicted molar refractivity (Wildman–Crippen MR) is 65.9 cm³/mol. The van der Waals surface area contributed by atoms with E-state index in [1.807, 2.05) is 0 Å². The van der Waals surface area contributed by atoms with E-state index in [4.69, 9.17) is 0 Å². The highest BCUT2D eigenvalue weighted by molar-refractivity contribution is 7.91. The Morgan fingerprint density at radius 3 is 2.20 bits per heavy atom. The van der Waals surface area contributed by atoms with E-state index in [0.717, 1.165) is 19.4 Å². The van der Waals surface area contributed by atoms with Gasteiger partial charge in [0.15, 0.2) is 9.84 Å². The Labute approximate surface area is 94.6 Å². The van der Waals surface area contributed by atoms with Crippen LogP contribution < -0.4 is 5.32 Å². The van der Waals surface area contributed by atoms with Crippen molar-refractivity contribution in [3.63, 3.8) is 0 Å². The molecule has 0 aliphatic heterocycles. The topological polar surface area (TPSA) is 46.2 Å². The van der Waals surface area contributed by atoms with Gasteiger partial charge < -0.3 is 5.32 Å². The van der Waals surface area contributed by atoms with Crippen molar-refractivity contribution in [3.05, 3.63) is 0 Å². The zero-order valence-electron chi connectivity index (χ0n) is 10.4. The summed E-state index contributed by atoms with van der Waals surface area (Å²) in [6, 6.07) is 0.111. The maximum atomic E-state index is 11.6. The van der Waals surface area contributed by atoms with Crippen molar-refractivity contribution in [2.75, 3.05) is 18.1 Å².